The maximum atomic E-state index is 5.76. The molecule has 3 heteroatoms. The molecule has 1 heterocycles. The van der Waals surface area contributed by atoms with Crippen LogP contribution in [-0.2, 0) is 13.0 Å². The van der Waals surface area contributed by atoms with E-state index in [0.29, 0.717) is 0 Å². The standard InChI is InChI=1S/C16H26N2O/c1-2-19-16-8-7-14(6-5-9-17)12-15(16)13-18-10-3-4-11-18/h7-8,12H,2-6,9-11,13,17H2,1H3. The molecule has 1 fully saturated rings. The lowest BCUT2D eigenvalue weighted by molar-refractivity contribution is 0.304. The quantitative estimate of drug-likeness (QED) is 0.821. The van der Waals surface area contributed by atoms with Crippen LogP contribution in [-0.4, -0.2) is 31.1 Å². The lowest BCUT2D eigenvalue weighted by atomic mass is 10.0. The Bertz CT molecular complexity index is 386. The van der Waals surface area contributed by atoms with Crippen molar-refractivity contribution in [2.45, 2.75) is 39.2 Å². The summed E-state index contributed by atoms with van der Waals surface area (Å²) in [6.07, 6.45) is 4.78. The molecule has 0 radical (unpaired) electrons. The van der Waals surface area contributed by atoms with Crippen molar-refractivity contribution in [3.05, 3.63) is 29.3 Å². The van der Waals surface area contributed by atoms with Gasteiger partial charge in [-0.3, -0.25) is 4.90 Å². The number of rotatable bonds is 7. The molecular formula is C16H26N2O. The predicted octanol–water partition coefficient (Wildman–Crippen LogP) is 2.57. The van der Waals surface area contributed by atoms with Crippen molar-refractivity contribution in [2.24, 2.45) is 5.73 Å². The van der Waals surface area contributed by atoms with E-state index in [1.807, 2.05) is 6.92 Å². The molecule has 0 saturated carbocycles. The Balaban J connectivity index is 2.09. The van der Waals surface area contributed by atoms with Gasteiger partial charge in [-0.15, -0.1) is 0 Å². The Morgan fingerprint density at radius 3 is 2.74 bits per heavy atom. The molecule has 1 aliphatic rings. The van der Waals surface area contributed by atoms with Gasteiger partial charge >= 0.3 is 0 Å². The SMILES string of the molecule is CCOc1ccc(CCCN)cc1CN1CCCC1. The second kappa shape index (κ2) is 7.51. The van der Waals surface area contributed by atoms with E-state index in [-0.39, 0.29) is 0 Å². The van der Waals surface area contributed by atoms with E-state index in [9.17, 15) is 0 Å². The van der Waals surface area contributed by atoms with Gasteiger partial charge in [0.25, 0.3) is 0 Å². The van der Waals surface area contributed by atoms with Gasteiger partial charge in [0.2, 0.25) is 0 Å². The minimum absolute atomic E-state index is 0.731. The fraction of sp³-hybridized carbons (Fsp3) is 0.625. The zero-order valence-corrected chi connectivity index (χ0v) is 12.0. The van der Waals surface area contributed by atoms with Crippen molar-refractivity contribution in [1.82, 2.24) is 4.90 Å². The zero-order chi connectivity index (χ0) is 13.5. The summed E-state index contributed by atoms with van der Waals surface area (Å²) >= 11 is 0. The van der Waals surface area contributed by atoms with E-state index >= 15 is 0 Å². The van der Waals surface area contributed by atoms with E-state index in [4.69, 9.17) is 10.5 Å². The van der Waals surface area contributed by atoms with Gasteiger partial charge < -0.3 is 10.5 Å². The highest BCUT2D eigenvalue weighted by Gasteiger charge is 2.14. The van der Waals surface area contributed by atoms with Gasteiger partial charge in [-0.2, -0.15) is 0 Å². The van der Waals surface area contributed by atoms with Crippen LogP contribution < -0.4 is 10.5 Å². The lowest BCUT2D eigenvalue weighted by Gasteiger charge is -2.18. The largest absolute Gasteiger partial charge is 0.494 e. The summed E-state index contributed by atoms with van der Waals surface area (Å²) in [5.41, 5.74) is 8.30. The summed E-state index contributed by atoms with van der Waals surface area (Å²) in [5.74, 6) is 1.05. The fourth-order valence-electron chi connectivity index (χ4n) is 2.70. The third kappa shape index (κ3) is 4.22. The Labute approximate surface area is 116 Å². The fourth-order valence-corrected chi connectivity index (χ4v) is 2.70. The Hall–Kier alpha value is -1.06. The van der Waals surface area contributed by atoms with Crippen molar-refractivity contribution < 1.29 is 4.74 Å². The van der Waals surface area contributed by atoms with Crippen molar-refractivity contribution >= 4 is 0 Å². The molecule has 106 valence electrons. The average molecular weight is 262 g/mol. The van der Waals surface area contributed by atoms with Gasteiger partial charge in [-0.25, -0.2) is 0 Å². The van der Waals surface area contributed by atoms with E-state index in [1.165, 1.54) is 37.1 Å². The molecule has 1 aromatic rings. The van der Waals surface area contributed by atoms with Crippen LogP contribution in [0.3, 0.4) is 0 Å². The van der Waals surface area contributed by atoms with Crippen LogP contribution in [0, 0.1) is 0 Å². The molecule has 19 heavy (non-hydrogen) atoms. The molecule has 3 nitrogen and oxygen atoms in total. The summed E-state index contributed by atoms with van der Waals surface area (Å²) in [5, 5.41) is 0. The number of nitrogens with two attached hydrogens (primary N) is 1. The monoisotopic (exact) mass is 262 g/mol. The molecular weight excluding hydrogens is 236 g/mol. The maximum absolute atomic E-state index is 5.76. The van der Waals surface area contributed by atoms with Gasteiger partial charge in [-0.1, -0.05) is 12.1 Å². The summed E-state index contributed by atoms with van der Waals surface area (Å²) in [7, 11) is 0. The van der Waals surface area contributed by atoms with Crippen LogP contribution in [0.4, 0.5) is 0 Å². The molecule has 2 N–H and O–H groups in total. The van der Waals surface area contributed by atoms with Gasteiger partial charge in [0.1, 0.15) is 5.75 Å². The molecule has 1 aromatic carbocycles. The molecule has 0 bridgehead atoms. The zero-order valence-electron chi connectivity index (χ0n) is 12.0. The number of likely N-dealkylation sites (tertiary alicyclic amines) is 1. The number of aryl methyl sites for hydroxylation is 1. The van der Waals surface area contributed by atoms with Crippen molar-refractivity contribution in [3.8, 4) is 5.75 Å². The first kappa shape index (κ1) is 14.4. The van der Waals surface area contributed by atoms with Crippen LogP contribution in [0.15, 0.2) is 18.2 Å². The van der Waals surface area contributed by atoms with E-state index in [2.05, 4.69) is 23.1 Å². The predicted molar refractivity (Wildman–Crippen MR) is 79.5 cm³/mol. The van der Waals surface area contributed by atoms with Crippen molar-refractivity contribution in [3.63, 3.8) is 0 Å². The Morgan fingerprint density at radius 1 is 1.26 bits per heavy atom. The van der Waals surface area contributed by atoms with Crippen LogP contribution in [0.5, 0.6) is 5.75 Å². The first-order chi connectivity index (χ1) is 9.33. The molecule has 0 unspecified atom stereocenters. The minimum Gasteiger partial charge on any atom is -0.494 e. The number of ether oxygens (including phenoxy) is 1. The highest BCUT2D eigenvalue weighted by atomic mass is 16.5. The summed E-state index contributed by atoms with van der Waals surface area (Å²) in [6, 6.07) is 6.61. The van der Waals surface area contributed by atoms with E-state index in [1.54, 1.807) is 0 Å². The molecule has 0 aromatic heterocycles. The highest BCUT2D eigenvalue weighted by molar-refractivity contribution is 5.37. The van der Waals surface area contributed by atoms with Gasteiger partial charge in [0.05, 0.1) is 6.61 Å². The van der Waals surface area contributed by atoms with Gasteiger partial charge in [-0.05, 0) is 63.9 Å². The molecule has 1 saturated heterocycles. The lowest BCUT2D eigenvalue weighted by Crippen LogP contribution is -2.19. The first-order valence-corrected chi connectivity index (χ1v) is 7.50. The Morgan fingerprint density at radius 2 is 2.05 bits per heavy atom. The second-order valence-corrected chi connectivity index (χ2v) is 5.25. The normalized spacial score (nSPS) is 15.9. The molecule has 0 amide bonds. The molecule has 2 rings (SSSR count). The number of benzene rings is 1. The van der Waals surface area contributed by atoms with Crippen LogP contribution in [0.1, 0.15) is 37.3 Å². The van der Waals surface area contributed by atoms with Crippen LogP contribution in [0.2, 0.25) is 0 Å². The van der Waals surface area contributed by atoms with Crippen LogP contribution >= 0.6 is 0 Å². The average Bonchev–Trinajstić information content (AvgIpc) is 2.92. The minimum atomic E-state index is 0.731. The van der Waals surface area contributed by atoms with Gasteiger partial charge in [0, 0.05) is 12.1 Å². The smallest absolute Gasteiger partial charge is 0.123 e. The second-order valence-electron chi connectivity index (χ2n) is 5.25. The van der Waals surface area contributed by atoms with E-state index in [0.717, 1.165) is 38.3 Å². The number of hydrogen-bond donors (Lipinski definition) is 1. The Kier molecular flexibility index (Phi) is 5.67. The van der Waals surface area contributed by atoms with Crippen molar-refractivity contribution in [1.29, 1.82) is 0 Å². The topological polar surface area (TPSA) is 38.5 Å². The first-order valence-electron chi connectivity index (χ1n) is 7.50. The third-order valence-corrected chi connectivity index (χ3v) is 3.69. The van der Waals surface area contributed by atoms with Crippen molar-refractivity contribution in [2.75, 3.05) is 26.2 Å². The number of hydrogen-bond acceptors (Lipinski definition) is 3. The summed E-state index contributed by atoms with van der Waals surface area (Å²) in [4.78, 5) is 2.52. The summed E-state index contributed by atoms with van der Waals surface area (Å²) in [6.45, 7) is 6.99. The van der Waals surface area contributed by atoms with Gasteiger partial charge in [0.15, 0.2) is 0 Å². The molecule has 1 aliphatic heterocycles. The number of nitrogens with zero attached hydrogens (tertiary/aromatic N) is 1. The molecule has 0 spiro atoms. The summed E-state index contributed by atoms with van der Waals surface area (Å²) < 4.78 is 5.76. The highest BCUT2D eigenvalue weighted by Crippen LogP contribution is 2.24. The van der Waals surface area contributed by atoms with Crippen LogP contribution in [0.25, 0.3) is 0 Å². The molecule has 0 aliphatic carbocycles. The van der Waals surface area contributed by atoms with E-state index < -0.39 is 0 Å². The molecule has 0 atom stereocenters. The third-order valence-electron chi connectivity index (χ3n) is 3.69. The maximum Gasteiger partial charge on any atom is 0.123 e.